The highest BCUT2D eigenvalue weighted by Crippen LogP contribution is 2.34. The second-order valence-corrected chi connectivity index (χ2v) is 7.79. The van der Waals surface area contributed by atoms with Crippen LogP contribution in [0.1, 0.15) is 32.4 Å². The van der Waals surface area contributed by atoms with Crippen molar-refractivity contribution in [3.05, 3.63) is 42.4 Å². The van der Waals surface area contributed by atoms with Gasteiger partial charge >= 0.3 is 0 Å². The Kier molecular flexibility index (Phi) is 5.49. The molecule has 7 nitrogen and oxygen atoms in total. The van der Waals surface area contributed by atoms with Crippen molar-refractivity contribution < 1.29 is 9.90 Å². The molecule has 3 N–H and O–H groups in total. The molecule has 0 bridgehead atoms. The number of rotatable bonds is 5. The molecule has 1 aliphatic heterocycles. The van der Waals surface area contributed by atoms with Crippen LogP contribution in [0.2, 0.25) is 0 Å². The molecule has 1 saturated heterocycles. The molecule has 2 atom stereocenters. The third kappa shape index (κ3) is 3.96. The smallest absolute Gasteiger partial charge is 0.222 e. The average molecular weight is 393 g/mol. The molecule has 29 heavy (non-hydrogen) atoms. The summed E-state index contributed by atoms with van der Waals surface area (Å²) in [4.78, 5) is 26.5. The first-order valence-corrected chi connectivity index (χ1v) is 10.2. The maximum atomic E-state index is 12.3. The lowest BCUT2D eigenvalue weighted by molar-refractivity contribution is -0.132. The van der Waals surface area contributed by atoms with E-state index in [1.54, 1.807) is 6.07 Å². The van der Waals surface area contributed by atoms with E-state index in [4.69, 9.17) is 0 Å². The fraction of sp³-hybridized carbons (Fsp3) is 0.409. The number of aromatic nitrogens is 3. The molecule has 0 saturated carbocycles. The Hall–Kier alpha value is -2.93. The summed E-state index contributed by atoms with van der Waals surface area (Å²) in [6.07, 6.45) is 5.21. The largest absolute Gasteiger partial charge is 0.390 e. The van der Waals surface area contributed by atoms with Crippen molar-refractivity contribution in [1.82, 2.24) is 19.9 Å². The van der Waals surface area contributed by atoms with Gasteiger partial charge in [-0.05, 0) is 30.5 Å². The lowest BCUT2D eigenvalue weighted by Gasteiger charge is -2.37. The number of aliphatic hydroxyl groups excluding tert-OH is 1. The second kappa shape index (κ2) is 8.21. The monoisotopic (exact) mass is 393 g/mol. The highest BCUT2D eigenvalue weighted by Gasteiger charge is 2.28. The summed E-state index contributed by atoms with van der Waals surface area (Å²) in [5.74, 6) is 0.627. The van der Waals surface area contributed by atoms with Crippen molar-refractivity contribution in [2.24, 2.45) is 5.92 Å². The van der Waals surface area contributed by atoms with E-state index in [2.05, 4.69) is 27.2 Å². The third-order valence-electron chi connectivity index (χ3n) is 5.49. The zero-order valence-corrected chi connectivity index (χ0v) is 16.9. The Morgan fingerprint density at radius 3 is 3.00 bits per heavy atom. The molecule has 3 aromatic rings. The molecule has 3 aromatic heterocycles. The van der Waals surface area contributed by atoms with E-state index < -0.39 is 0 Å². The van der Waals surface area contributed by atoms with Crippen LogP contribution < -0.4 is 5.32 Å². The Balaban J connectivity index is 1.72. The molecule has 4 rings (SSSR count). The molecule has 0 aromatic carbocycles. The zero-order valence-electron chi connectivity index (χ0n) is 16.9. The Morgan fingerprint density at radius 2 is 2.21 bits per heavy atom. The maximum absolute atomic E-state index is 12.3. The number of hydrogen-bond acceptors (Lipinski definition) is 5. The van der Waals surface area contributed by atoms with Gasteiger partial charge in [-0.25, -0.2) is 4.98 Å². The van der Waals surface area contributed by atoms with Crippen LogP contribution in [0.5, 0.6) is 0 Å². The minimum atomic E-state index is -0.106. The average Bonchev–Trinajstić information content (AvgIpc) is 3.22. The summed E-state index contributed by atoms with van der Waals surface area (Å²) in [6.45, 7) is 5.50. The summed E-state index contributed by atoms with van der Waals surface area (Å²) in [5, 5.41) is 14.2. The van der Waals surface area contributed by atoms with Gasteiger partial charge in [-0.15, -0.1) is 0 Å². The van der Waals surface area contributed by atoms with Gasteiger partial charge in [-0.2, -0.15) is 0 Å². The fourth-order valence-electron chi connectivity index (χ4n) is 4.16. The lowest BCUT2D eigenvalue weighted by atomic mass is 9.95. The van der Waals surface area contributed by atoms with Crippen molar-refractivity contribution in [1.29, 1.82) is 0 Å². The number of aliphatic hydroxyl groups is 1. The number of nitrogens with one attached hydrogen (secondary N) is 2. The number of likely N-dealkylation sites (tertiary alicyclic amines) is 1. The van der Waals surface area contributed by atoms with Gasteiger partial charge < -0.3 is 20.3 Å². The highest BCUT2D eigenvalue weighted by molar-refractivity contribution is 5.97. The van der Waals surface area contributed by atoms with Crippen LogP contribution >= 0.6 is 0 Å². The number of pyridine rings is 2. The molecule has 1 aliphatic rings. The standard InChI is InChI=1S/C22H27N5O2/c1-3-20(29)27-11-14(2)9-16(12-27)26-21-17-7-8-23-22(17)24-10-18(21)19-6-4-5-15(13-28)25-19/h4-8,10,14,16,28H,3,9,11-13H2,1-2H3,(H2,23,24,26)/t14-,16+/m0/s1. The number of amides is 1. The first kappa shape index (κ1) is 19.4. The molecule has 0 aliphatic carbocycles. The van der Waals surface area contributed by atoms with Crippen LogP contribution in [-0.2, 0) is 11.4 Å². The molecule has 0 radical (unpaired) electrons. The van der Waals surface area contributed by atoms with Crippen LogP contribution in [0, 0.1) is 5.92 Å². The molecule has 0 unspecified atom stereocenters. The van der Waals surface area contributed by atoms with Crippen molar-refractivity contribution in [2.75, 3.05) is 18.4 Å². The molecular weight excluding hydrogens is 366 g/mol. The predicted molar refractivity (Wildman–Crippen MR) is 113 cm³/mol. The number of fused-ring (bicyclic) bond motifs is 1. The fourth-order valence-corrected chi connectivity index (χ4v) is 4.16. The Bertz CT molecular complexity index is 1020. The van der Waals surface area contributed by atoms with Crippen molar-refractivity contribution in [3.8, 4) is 11.3 Å². The summed E-state index contributed by atoms with van der Waals surface area (Å²) in [5.41, 5.74) is 4.04. The van der Waals surface area contributed by atoms with E-state index in [0.717, 1.165) is 40.9 Å². The summed E-state index contributed by atoms with van der Waals surface area (Å²) >= 11 is 0. The lowest BCUT2D eigenvalue weighted by Crippen LogP contribution is -2.48. The molecule has 0 spiro atoms. The topological polar surface area (TPSA) is 94.1 Å². The number of piperidine rings is 1. The Morgan fingerprint density at radius 1 is 1.34 bits per heavy atom. The molecular formula is C22H27N5O2. The normalized spacial score (nSPS) is 19.5. The number of H-pyrrole nitrogens is 1. The number of carbonyl (C=O) groups is 1. The minimum Gasteiger partial charge on any atom is -0.390 e. The van der Waals surface area contributed by atoms with E-state index in [-0.39, 0.29) is 18.6 Å². The third-order valence-corrected chi connectivity index (χ3v) is 5.49. The van der Waals surface area contributed by atoms with Gasteiger partial charge in [0.2, 0.25) is 5.91 Å². The van der Waals surface area contributed by atoms with Crippen LogP contribution in [0.3, 0.4) is 0 Å². The van der Waals surface area contributed by atoms with E-state index in [0.29, 0.717) is 24.6 Å². The molecule has 1 fully saturated rings. The number of anilines is 1. The number of aromatic amines is 1. The SMILES string of the molecule is CCC(=O)N1C[C@@H](C)C[C@@H](Nc2c(-c3cccc(CO)n3)cnc3[nH]ccc23)C1. The quantitative estimate of drug-likeness (QED) is 0.619. The Labute approximate surface area is 170 Å². The first-order valence-electron chi connectivity index (χ1n) is 10.2. The second-order valence-electron chi connectivity index (χ2n) is 7.79. The van der Waals surface area contributed by atoms with E-state index >= 15 is 0 Å². The highest BCUT2D eigenvalue weighted by atomic mass is 16.3. The van der Waals surface area contributed by atoms with Gasteiger partial charge in [0.25, 0.3) is 0 Å². The summed E-state index contributed by atoms with van der Waals surface area (Å²) < 4.78 is 0. The van der Waals surface area contributed by atoms with Crippen LogP contribution in [0.4, 0.5) is 5.69 Å². The molecule has 4 heterocycles. The van der Waals surface area contributed by atoms with E-state index in [9.17, 15) is 9.90 Å². The van der Waals surface area contributed by atoms with Gasteiger partial charge in [-0.1, -0.05) is 19.9 Å². The molecule has 152 valence electrons. The van der Waals surface area contributed by atoms with Gasteiger partial charge in [0.1, 0.15) is 5.65 Å². The number of carbonyl (C=O) groups excluding carboxylic acids is 1. The van der Waals surface area contributed by atoms with Gasteiger partial charge in [0, 0.05) is 48.9 Å². The van der Waals surface area contributed by atoms with Crippen LogP contribution in [-0.4, -0.2) is 50.0 Å². The predicted octanol–water partition coefficient (Wildman–Crippen LogP) is 3.18. The van der Waals surface area contributed by atoms with Gasteiger partial charge in [0.15, 0.2) is 0 Å². The van der Waals surface area contributed by atoms with Crippen LogP contribution in [0.15, 0.2) is 36.7 Å². The van der Waals surface area contributed by atoms with Gasteiger partial charge in [-0.3, -0.25) is 9.78 Å². The first-order chi connectivity index (χ1) is 14.1. The summed E-state index contributed by atoms with van der Waals surface area (Å²) in [7, 11) is 0. The van der Waals surface area contributed by atoms with E-state index in [1.807, 2.05) is 42.4 Å². The number of nitrogens with zero attached hydrogens (tertiary/aromatic N) is 3. The molecule has 1 amide bonds. The molecule has 7 heteroatoms. The van der Waals surface area contributed by atoms with Gasteiger partial charge in [0.05, 0.1) is 23.7 Å². The van der Waals surface area contributed by atoms with E-state index in [1.165, 1.54) is 0 Å². The minimum absolute atomic E-state index is 0.106. The van der Waals surface area contributed by atoms with Crippen LogP contribution in [0.25, 0.3) is 22.3 Å². The van der Waals surface area contributed by atoms with Crippen molar-refractivity contribution >= 4 is 22.6 Å². The van der Waals surface area contributed by atoms with Crippen molar-refractivity contribution in [3.63, 3.8) is 0 Å². The summed E-state index contributed by atoms with van der Waals surface area (Å²) in [6, 6.07) is 7.77. The zero-order chi connectivity index (χ0) is 20.4. The van der Waals surface area contributed by atoms with Crippen molar-refractivity contribution in [2.45, 2.75) is 39.3 Å². The number of hydrogen-bond donors (Lipinski definition) is 3. The maximum Gasteiger partial charge on any atom is 0.222 e.